The lowest BCUT2D eigenvalue weighted by atomic mass is 9.89. The van der Waals surface area contributed by atoms with Gasteiger partial charge in [0.05, 0.1) is 12.2 Å². The minimum Gasteiger partial charge on any atom is -0.388 e. The summed E-state index contributed by atoms with van der Waals surface area (Å²) in [6.45, 7) is 7.26. The van der Waals surface area contributed by atoms with Gasteiger partial charge in [0.1, 0.15) is 0 Å². The lowest BCUT2D eigenvalue weighted by Crippen LogP contribution is -2.19. The maximum absolute atomic E-state index is 10.5. The van der Waals surface area contributed by atoms with E-state index in [-0.39, 0.29) is 12.0 Å². The van der Waals surface area contributed by atoms with Crippen LogP contribution in [0.2, 0.25) is 0 Å². The van der Waals surface area contributed by atoms with Gasteiger partial charge < -0.3 is 9.84 Å². The molecule has 2 rings (SSSR count). The predicted octanol–water partition coefficient (Wildman–Crippen LogP) is 3.34. The molecule has 0 aromatic heterocycles. The fourth-order valence-corrected chi connectivity index (χ4v) is 2.79. The number of benzene rings is 1. The molecule has 0 radical (unpaired) electrons. The van der Waals surface area contributed by atoms with Crippen molar-refractivity contribution in [2.24, 2.45) is 11.8 Å². The molecule has 3 atom stereocenters. The Balaban J connectivity index is 2.12. The second-order valence-corrected chi connectivity index (χ2v) is 5.82. The highest BCUT2D eigenvalue weighted by Crippen LogP contribution is 2.33. The van der Waals surface area contributed by atoms with E-state index in [1.807, 2.05) is 6.07 Å². The van der Waals surface area contributed by atoms with Gasteiger partial charge in [-0.25, -0.2) is 0 Å². The van der Waals surface area contributed by atoms with Crippen LogP contribution < -0.4 is 0 Å². The highest BCUT2D eigenvalue weighted by atomic mass is 16.5. The lowest BCUT2D eigenvalue weighted by Gasteiger charge is -2.22. The second kappa shape index (κ2) is 5.85. The molecule has 1 aromatic carbocycles. The molecular weight excluding hydrogens is 224 g/mol. The van der Waals surface area contributed by atoms with Gasteiger partial charge in [0.25, 0.3) is 0 Å². The minimum atomic E-state index is -0.394. The summed E-state index contributed by atoms with van der Waals surface area (Å²) >= 11 is 0. The van der Waals surface area contributed by atoms with E-state index in [1.165, 1.54) is 5.56 Å². The molecule has 100 valence electrons. The Morgan fingerprint density at radius 3 is 2.78 bits per heavy atom. The van der Waals surface area contributed by atoms with E-state index in [0.29, 0.717) is 5.92 Å². The van der Waals surface area contributed by atoms with Crippen molar-refractivity contribution in [3.05, 3.63) is 35.4 Å². The van der Waals surface area contributed by atoms with Gasteiger partial charge >= 0.3 is 0 Å². The first-order valence-electron chi connectivity index (χ1n) is 6.96. The van der Waals surface area contributed by atoms with Gasteiger partial charge in [0.2, 0.25) is 0 Å². The Bertz CT molecular complexity index is 386. The van der Waals surface area contributed by atoms with E-state index in [0.717, 1.165) is 25.0 Å². The molecule has 2 heteroatoms. The second-order valence-electron chi connectivity index (χ2n) is 5.82. The first kappa shape index (κ1) is 13.6. The van der Waals surface area contributed by atoms with Gasteiger partial charge in [-0.15, -0.1) is 0 Å². The average molecular weight is 248 g/mol. The molecule has 3 unspecified atom stereocenters. The number of hydrogen-bond acceptors (Lipinski definition) is 2. The Morgan fingerprint density at radius 2 is 2.17 bits per heavy atom. The Morgan fingerprint density at radius 1 is 1.39 bits per heavy atom. The third-order valence-electron chi connectivity index (χ3n) is 3.78. The summed E-state index contributed by atoms with van der Waals surface area (Å²) in [5.74, 6) is 0.880. The zero-order chi connectivity index (χ0) is 13.1. The molecule has 1 aromatic rings. The summed E-state index contributed by atoms with van der Waals surface area (Å²) in [5, 5.41) is 10.5. The standard InChI is InChI=1S/C16H24O2/c1-11(2)9-13-5-4-6-14(10-13)16(17)15-7-8-18-12(15)3/h4-6,10-12,15-17H,7-9H2,1-3H3. The maximum atomic E-state index is 10.5. The van der Waals surface area contributed by atoms with Gasteiger partial charge in [-0.1, -0.05) is 38.1 Å². The highest BCUT2D eigenvalue weighted by Gasteiger charge is 2.31. The van der Waals surface area contributed by atoms with Crippen molar-refractivity contribution in [2.75, 3.05) is 6.61 Å². The van der Waals surface area contributed by atoms with Crippen molar-refractivity contribution in [1.29, 1.82) is 0 Å². The summed E-state index contributed by atoms with van der Waals surface area (Å²) in [5.41, 5.74) is 2.35. The predicted molar refractivity (Wildman–Crippen MR) is 73.5 cm³/mol. The van der Waals surface area contributed by atoms with Crippen LogP contribution in [0.4, 0.5) is 0 Å². The highest BCUT2D eigenvalue weighted by molar-refractivity contribution is 5.26. The Hall–Kier alpha value is -0.860. The molecule has 0 spiro atoms. The Labute approximate surface area is 110 Å². The molecule has 0 amide bonds. The summed E-state index contributed by atoms with van der Waals surface area (Å²) < 4.78 is 5.54. The molecule has 0 bridgehead atoms. The minimum absolute atomic E-state index is 0.161. The first-order valence-corrected chi connectivity index (χ1v) is 6.96. The number of aliphatic hydroxyl groups is 1. The lowest BCUT2D eigenvalue weighted by molar-refractivity contribution is 0.0431. The van der Waals surface area contributed by atoms with Crippen molar-refractivity contribution in [3.8, 4) is 0 Å². The molecule has 0 saturated carbocycles. The van der Waals surface area contributed by atoms with Crippen LogP contribution in [0.3, 0.4) is 0 Å². The summed E-state index contributed by atoms with van der Waals surface area (Å²) in [6.07, 6.45) is 1.79. The molecular formula is C16H24O2. The summed E-state index contributed by atoms with van der Waals surface area (Å²) in [4.78, 5) is 0. The van der Waals surface area contributed by atoms with Crippen LogP contribution >= 0.6 is 0 Å². The SMILES string of the molecule is CC(C)Cc1cccc(C(O)C2CCOC2C)c1. The molecule has 1 saturated heterocycles. The molecule has 0 aliphatic carbocycles. The molecule has 1 aliphatic heterocycles. The monoisotopic (exact) mass is 248 g/mol. The fraction of sp³-hybridized carbons (Fsp3) is 0.625. The molecule has 18 heavy (non-hydrogen) atoms. The number of rotatable bonds is 4. The van der Waals surface area contributed by atoms with E-state index in [4.69, 9.17) is 4.74 Å². The van der Waals surface area contributed by atoms with E-state index >= 15 is 0 Å². The average Bonchev–Trinajstić information content (AvgIpc) is 2.74. The van der Waals surface area contributed by atoms with Gasteiger partial charge in [-0.2, -0.15) is 0 Å². The number of aliphatic hydroxyl groups excluding tert-OH is 1. The van der Waals surface area contributed by atoms with E-state index in [9.17, 15) is 5.11 Å². The maximum Gasteiger partial charge on any atom is 0.0843 e. The quantitative estimate of drug-likeness (QED) is 0.885. The Kier molecular flexibility index (Phi) is 4.41. The van der Waals surface area contributed by atoms with Crippen LogP contribution in [0, 0.1) is 11.8 Å². The smallest absolute Gasteiger partial charge is 0.0843 e. The molecule has 1 aliphatic rings. The van der Waals surface area contributed by atoms with Gasteiger partial charge in [-0.3, -0.25) is 0 Å². The van der Waals surface area contributed by atoms with Crippen molar-refractivity contribution in [1.82, 2.24) is 0 Å². The van der Waals surface area contributed by atoms with E-state index < -0.39 is 6.10 Å². The number of ether oxygens (including phenoxy) is 1. The normalized spacial score (nSPS) is 25.6. The number of hydrogen-bond donors (Lipinski definition) is 1. The fourth-order valence-electron chi connectivity index (χ4n) is 2.79. The van der Waals surface area contributed by atoms with Crippen molar-refractivity contribution < 1.29 is 9.84 Å². The van der Waals surface area contributed by atoms with Crippen LogP contribution in [0.5, 0.6) is 0 Å². The van der Waals surface area contributed by atoms with E-state index in [1.54, 1.807) is 0 Å². The molecule has 1 heterocycles. The van der Waals surface area contributed by atoms with Crippen LogP contribution in [0.1, 0.15) is 44.4 Å². The van der Waals surface area contributed by atoms with Gasteiger partial charge in [-0.05, 0) is 36.8 Å². The summed E-state index contributed by atoms with van der Waals surface area (Å²) in [6, 6.07) is 8.37. The largest absolute Gasteiger partial charge is 0.388 e. The summed E-state index contributed by atoms with van der Waals surface area (Å²) in [7, 11) is 0. The van der Waals surface area contributed by atoms with Crippen LogP contribution in [-0.4, -0.2) is 17.8 Å². The third-order valence-corrected chi connectivity index (χ3v) is 3.78. The van der Waals surface area contributed by atoms with Gasteiger partial charge in [0, 0.05) is 12.5 Å². The molecule has 1 fully saturated rings. The zero-order valence-corrected chi connectivity index (χ0v) is 11.6. The van der Waals surface area contributed by atoms with Crippen LogP contribution in [0.25, 0.3) is 0 Å². The van der Waals surface area contributed by atoms with Crippen LogP contribution in [0.15, 0.2) is 24.3 Å². The van der Waals surface area contributed by atoms with Crippen LogP contribution in [-0.2, 0) is 11.2 Å². The van der Waals surface area contributed by atoms with E-state index in [2.05, 4.69) is 39.0 Å². The first-order chi connectivity index (χ1) is 8.58. The third kappa shape index (κ3) is 3.12. The van der Waals surface area contributed by atoms with Gasteiger partial charge in [0.15, 0.2) is 0 Å². The zero-order valence-electron chi connectivity index (χ0n) is 11.6. The van der Waals surface area contributed by atoms with Crippen molar-refractivity contribution in [2.45, 2.75) is 45.8 Å². The molecule has 2 nitrogen and oxygen atoms in total. The topological polar surface area (TPSA) is 29.5 Å². The van der Waals surface area contributed by atoms with Crippen molar-refractivity contribution >= 4 is 0 Å². The molecule has 1 N–H and O–H groups in total. The van der Waals surface area contributed by atoms with Crippen molar-refractivity contribution in [3.63, 3.8) is 0 Å².